The van der Waals surface area contributed by atoms with Gasteiger partial charge < -0.3 is 18.8 Å². The highest BCUT2D eigenvalue weighted by atomic mass is 16.5. The van der Waals surface area contributed by atoms with Gasteiger partial charge in [0.25, 0.3) is 0 Å². The van der Waals surface area contributed by atoms with Crippen LogP contribution >= 0.6 is 0 Å². The number of nitrogens with zero attached hydrogens (tertiary/aromatic N) is 1. The number of carbonyl (C=O) groups excluding carboxylic acids is 1. The minimum Gasteiger partial charge on any atom is -0.497 e. The van der Waals surface area contributed by atoms with E-state index < -0.39 is 0 Å². The second-order valence-electron chi connectivity index (χ2n) is 8.85. The van der Waals surface area contributed by atoms with Crippen molar-refractivity contribution in [3.63, 3.8) is 0 Å². The minimum absolute atomic E-state index is 0.117. The summed E-state index contributed by atoms with van der Waals surface area (Å²) in [6.45, 7) is 6.52. The van der Waals surface area contributed by atoms with E-state index in [1.165, 1.54) is 11.1 Å². The molecule has 1 aliphatic heterocycles. The highest BCUT2D eigenvalue weighted by molar-refractivity contribution is 6.16. The normalized spacial score (nSPS) is 13.9. The first-order valence-corrected chi connectivity index (χ1v) is 11.2. The summed E-state index contributed by atoms with van der Waals surface area (Å²) >= 11 is 0. The molecule has 5 heteroatoms. The van der Waals surface area contributed by atoms with Gasteiger partial charge in [-0.1, -0.05) is 23.8 Å². The number of benzene rings is 3. The molecular formula is C29H27NO4. The molecule has 0 radical (unpaired) electrons. The van der Waals surface area contributed by atoms with Crippen LogP contribution in [-0.2, 0) is 13.7 Å². The SMILES string of the molecule is COc1ccc2c(c1)c(/C=C1\Oc3cc(OCc4cc(C)ccc4C)cc(C)c3C1=O)cn2C. The molecule has 5 rings (SSSR count). The van der Waals surface area contributed by atoms with Crippen LogP contribution in [0.25, 0.3) is 17.0 Å². The number of allylic oxidation sites excluding steroid dienone is 1. The number of Topliss-reactive ketones (excluding diaryl/α,β-unsaturated/α-hetero) is 1. The maximum Gasteiger partial charge on any atom is 0.232 e. The lowest BCUT2D eigenvalue weighted by atomic mass is 10.0. The van der Waals surface area contributed by atoms with Crippen LogP contribution in [0.5, 0.6) is 17.2 Å². The second kappa shape index (κ2) is 8.41. The molecular weight excluding hydrogens is 426 g/mol. The molecule has 1 aromatic heterocycles. The van der Waals surface area contributed by atoms with E-state index in [1.54, 1.807) is 19.3 Å². The quantitative estimate of drug-likeness (QED) is 0.332. The molecule has 172 valence electrons. The van der Waals surface area contributed by atoms with Crippen molar-refractivity contribution >= 4 is 22.8 Å². The standard InChI is InChI=1S/C29H27NO4/c1-17-6-7-18(2)21(10-17)16-33-23-11-19(3)28-26(14-23)34-27(29(28)31)12-20-15-30(4)25-9-8-22(32-5)13-24(20)25/h6-15H,16H2,1-5H3/b27-12-. The van der Waals surface area contributed by atoms with E-state index in [2.05, 4.69) is 32.0 Å². The van der Waals surface area contributed by atoms with Gasteiger partial charge >= 0.3 is 0 Å². The zero-order chi connectivity index (χ0) is 24.0. The Morgan fingerprint density at radius 1 is 0.971 bits per heavy atom. The molecule has 3 aromatic carbocycles. The molecule has 0 fully saturated rings. The number of ketones is 1. The topological polar surface area (TPSA) is 49.7 Å². The van der Waals surface area contributed by atoms with Gasteiger partial charge in [-0.2, -0.15) is 0 Å². The molecule has 0 saturated carbocycles. The Labute approximate surface area is 199 Å². The third kappa shape index (κ3) is 3.83. The molecule has 0 saturated heterocycles. The first kappa shape index (κ1) is 21.8. The van der Waals surface area contributed by atoms with Crippen LogP contribution < -0.4 is 14.2 Å². The van der Waals surface area contributed by atoms with E-state index in [1.807, 2.05) is 49.0 Å². The number of hydrogen-bond donors (Lipinski definition) is 0. The van der Waals surface area contributed by atoms with E-state index in [0.717, 1.165) is 33.3 Å². The van der Waals surface area contributed by atoms with Crippen LogP contribution in [0.4, 0.5) is 0 Å². The summed E-state index contributed by atoms with van der Waals surface area (Å²) < 4.78 is 19.5. The second-order valence-corrected chi connectivity index (χ2v) is 8.85. The Hall–Kier alpha value is -3.99. The summed E-state index contributed by atoms with van der Waals surface area (Å²) in [5.74, 6) is 2.17. The van der Waals surface area contributed by atoms with Crippen LogP contribution in [0.3, 0.4) is 0 Å². The minimum atomic E-state index is -0.117. The Morgan fingerprint density at radius 3 is 2.59 bits per heavy atom. The molecule has 5 nitrogen and oxygen atoms in total. The number of rotatable bonds is 5. The van der Waals surface area contributed by atoms with Crippen LogP contribution in [-0.4, -0.2) is 17.5 Å². The first-order chi connectivity index (χ1) is 16.3. The molecule has 34 heavy (non-hydrogen) atoms. The summed E-state index contributed by atoms with van der Waals surface area (Å²) in [6.07, 6.45) is 3.79. The number of carbonyl (C=O) groups is 1. The van der Waals surface area contributed by atoms with E-state index in [0.29, 0.717) is 29.4 Å². The number of aryl methyl sites for hydroxylation is 4. The first-order valence-electron chi connectivity index (χ1n) is 11.2. The predicted molar refractivity (Wildman–Crippen MR) is 134 cm³/mol. The van der Waals surface area contributed by atoms with Crippen LogP contribution in [0, 0.1) is 20.8 Å². The van der Waals surface area contributed by atoms with Crippen molar-refractivity contribution in [2.45, 2.75) is 27.4 Å². The lowest BCUT2D eigenvalue weighted by Gasteiger charge is -2.11. The number of ether oxygens (including phenoxy) is 3. The van der Waals surface area contributed by atoms with Gasteiger partial charge in [0.1, 0.15) is 23.9 Å². The highest BCUT2D eigenvalue weighted by Crippen LogP contribution is 2.38. The zero-order valence-electron chi connectivity index (χ0n) is 20.1. The third-order valence-corrected chi connectivity index (χ3v) is 6.36. The van der Waals surface area contributed by atoms with Crippen LogP contribution in [0.1, 0.15) is 38.2 Å². The fraction of sp³-hybridized carbons (Fsp3) is 0.207. The Kier molecular flexibility index (Phi) is 5.40. The molecule has 0 aliphatic carbocycles. The molecule has 0 N–H and O–H groups in total. The molecule has 1 aliphatic rings. The summed E-state index contributed by atoms with van der Waals surface area (Å²) in [4.78, 5) is 13.2. The largest absolute Gasteiger partial charge is 0.497 e. The fourth-order valence-corrected chi connectivity index (χ4v) is 4.46. The van der Waals surface area contributed by atoms with Gasteiger partial charge in [-0.05, 0) is 67.8 Å². The van der Waals surface area contributed by atoms with Crippen LogP contribution in [0.15, 0.2) is 60.5 Å². The molecule has 2 heterocycles. The average Bonchev–Trinajstić information content (AvgIpc) is 3.30. The zero-order valence-corrected chi connectivity index (χ0v) is 20.1. The fourth-order valence-electron chi connectivity index (χ4n) is 4.46. The van der Waals surface area contributed by atoms with Crippen molar-refractivity contribution in [3.8, 4) is 17.2 Å². The van der Waals surface area contributed by atoms with Crippen molar-refractivity contribution < 1.29 is 19.0 Å². The molecule has 0 unspecified atom stereocenters. The van der Waals surface area contributed by atoms with Gasteiger partial charge in [-0.3, -0.25) is 4.79 Å². The number of hydrogen-bond acceptors (Lipinski definition) is 4. The lowest BCUT2D eigenvalue weighted by Crippen LogP contribution is -2.00. The van der Waals surface area contributed by atoms with Gasteiger partial charge in [0.15, 0.2) is 5.76 Å². The maximum absolute atomic E-state index is 13.2. The van der Waals surface area contributed by atoms with E-state index >= 15 is 0 Å². The lowest BCUT2D eigenvalue weighted by molar-refractivity contribution is 0.101. The van der Waals surface area contributed by atoms with Gasteiger partial charge in [-0.15, -0.1) is 0 Å². The van der Waals surface area contributed by atoms with Crippen molar-refractivity contribution in [1.29, 1.82) is 0 Å². The van der Waals surface area contributed by atoms with Crippen molar-refractivity contribution in [2.24, 2.45) is 7.05 Å². The average molecular weight is 454 g/mol. The predicted octanol–water partition coefficient (Wildman–Crippen LogP) is 6.31. The summed E-state index contributed by atoms with van der Waals surface area (Å²) in [5.41, 5.74) is 6.90. The Bertz CT molecular complexity index is 1480. The van der Waals surface area contributed by atoms with Crippen LogP contribution in [0.2, 0.25) is 0 Å². The van der Waals surface area contributed by atoms with Crippen molar-refractivity contribution in [3.05, 3.63) is 93.9 Å². The molecule has 0 atom stereocenters. The van der Waals surface area contributed by atoms with E-state index in [-0.39, 0.29) is 5.78 Å². The van der Waals surface area contributed by atoms with E-state index in [9.17, 15) is 4.79 Å². The van der Waals surface area contributed by atoms with Gasteiger partial charge in [0, 0.05) is 35.8 Å². The number of methoxy groups -OCH3 is 1. The third-order valence-electron chi connectivity index (χ3n) is 6.36. The molecule has 4 aromatic rings. The van der Waals surface area contributed by atoms with E-state index in [4.69, 9.17) is 14.2 Å². The number of aromatic nitrogens is 1. The maximum atomic E-state index is 13.2. The summed E-state index contributed by atoms with van der Waals surface area (Å²) in [5, 5.41) is 0.996. The molecule has 0 amide bonds. The molecule has 0 spiro atoms. The monoisotopic (exact) mass is 453 g/mol. The highest BCUT2D eigenvalue weighted by Gasteiger charge is 2.30. The Morgan fingerprint density at radius 2 is 1.79 bits per heavy atom. The summed E-state index contributed by atoms with van der Waals surface area (Å²) in [7, 11) is 3.62. The Balaban J connectivity index is 1.44. The van der Waals surface area contributed by atoms with Crippen molar-refractivity contribution in [2.75, 3.05) is 7.11 Å². The molecule has 0 bridgehead atoms. The van der Waals surface area contributed by atoms with Gasteiger partial charge in [0.2, 0.25) is 5.78 Å². The van der Waals surface area contributed by atoms with Crippen molar-refractivity contribution in [1.82, 2.24) is 4.57 Å². The number of fused-ring (bicyclic) bond motifs is 2. The van der Waals surface area contributed by atoms with Gasteiger partial charge in [0.05, 0.1) is 12.7 Å². The summed E-state index contributed by atoms with van der Waals surface area (Å²) in [6, 6.07) is 15.9. The van der Waals surface area contributed by atoms with Gasteiger partial charge in [-0.25, -0.2) is 0 Å². The smallest absolute Gasteiger partial charge is 0.232 e.